The van der Waals surface area contributed by atoms with Gasteiger partial charge in [0.25, 0.3) is 0 Å². The van der Waals surface area contributed by atoms with E-state index in [-0.39, 0.29) is 37.4 Å². The lowest BCUT2D eigenvalue weighted by molar-refractivity contribution is -0.140. The van der Waals surface area contributed by atoms with Crippen molar-refractivity contribution in [1.82, 2.24) is 15.1 Å². The normalized spacial score (nSPS) is 17.4. The lowest BCUT2D eigenvalue weighted by atomic mass is 10.0. The van der Waals surface area contributed by atoms with Gasteiger partial charge in [0.1, 0.15) is 11.5 Å². The summed E-state index contributed by atoms with van der Waals surface area (Å²) in [6.07, 6.45) is 0.0719. The number of amides is 2. The summed E-state index contributed by atoms with van der Waals surface area (Å²) in [4.78, 5) is 28.9. The van der Waals surface area contributed by atoms with Crippen molar-refractivity contribution in [3.63, 3.8) is 0 Å². The number of methoxy groups -OCH3 is 2. The monoisotopic (exact) mass is 393 g/mol. The average molecular weight is 393 g/mol. The van der Waals surface area contributed by atoms with Crippen LogP contribution < -0.4 is 14.8 Å². The Balaban J connectivity index is 2.18. The second-order valence-corrected chi connectivity index (χ2v) is 7.06. The van der Waals surface area contributed by atoms with Gasteiger partial charge in [-0.2, -0.15) is 0 Å². The van der Waals surface area contributed by atoms with Gasteiger partial charge in [0, 0.05) is 43.9 Å². The highest BCUT2D eigenvalue weighted by molar-refractivity contribution is 5.89. The molecule has 1 aromatic rings. The number of nitrogens with zero attached hydrogens (tertiary/aromatic N) is 2. The lowest BCUT2D eigenvalue weighted by Crippen LogP contribution is -2.56. The fourth-order valence-electron chi connectivity index (χ4n) is 3.44. The Morgan fingerprint density at radius 2 is 2.11 bits per heavy atom. The molecule has 1 atom stereocenters. The number of piperazine rings is 1. The highest BCUT2D eigenvalue weighted by Gasteiger charge is 2.33. The number of carbonyl (C=O) groups is 2. The second-order valence-electron chi connectivity index (χ2n) is 7.06. The molecule has 0 saturated carbocycles. The van der Waals surface area contributed by atoms with Crippen LogP contribution in [0.2, 0.25) is 0 Å². The molecule has 0 bridgehead atoms. The number of hydrogen-bond acceptors (Lipinski definition) is 6. The van der Waals surface area contributed by atoms with Crippen LogP contribution in [0.4, 0.5) is 0 Å². The molecule has 156 valence electrons. The molecule has 1 aliphatic heterocycles. The fraction of sp³-hybridized carbons (Fsp3) is 0.600. The van der Waals surface area contributed by atoms with Crippen molar-refractivity contribution in [1.29, 1.82) is 0 Å². The topological polar surface area (TPSA) is 91.3 Å². The van der Waals surface area contributed by atoms with Gasteiger partial charge in [-0.15, -0.1) is 0 Å². The van der Waals surface area contributed by atoms with Crippen LogP contribution in [0.3, 0.4) is 0 Å². The highest BCUT2D eigenvalue weighted by Crippen LogP contribution is 2.27. The maximum atomic E-state index is 12.8. The lowest BCUT2D eigenvalue weighted by Gasteiger charge is -2.36. The molecule has 8 nitrogen and oxygen atoms in total. The SMILES string of the molecule is COc1ccc(CN2CCNC(=O)[C@@H]2CC(=O)N(CCO)C(C)C)c(OC)c1. The standard InChI is InChI=1S/C20H31N3O5/c1-14(2)23(9-10-24)19(25)12-17-20(26)21-7-8-22(17)13-15-5-6-16(27-3)11-18(15)28-4/h5-6,11,14,17,24H,7-10,12-13H2,1-4H3,(H,21,26)/t17-/m0/s1. The molecule has 0 aliphatic carbocycles. The fourth-order valence-corrected chi connectivity index (χ4v) is 3.44. The zero-order valence-electron chi connectivity index (χ0n) is 17.1. The van der Waals surface area contributed by atoms with E-state index in [0.717, 1.165) is 5.56 Å². The first-order valence-corrected chi connectivity index (χ1v) is 9.54. The molecular weight excluding hydrogens is 362 g/mol. The van der Waals surface area contributed by atoms with E-state index >= 15 is 0 Å². The third-order valence-corrected chi connectivity index (χ3v) is 4.96. The summed E-state index contributed by atoms with van der Waals surface area (Å²) < 4.78 is 10.7. The molecule has 8 heteroatoms. The molecule has 0 spiro atoms. The number of carbonyl (C=O) groups excluding carboxylic acids is 2. The van der Waals surface area contributed by atoms with Gasteiger partial charge >= 0.3 is 0 Å². The summed E-state index contributed by atoms with van der Waals surface area (Å²) in [5, 5.41) is 12.1. The molecule has 0 aromatic heterocycles. The van der Waals surface area contributed by atoms with E-state index in [1.807, 2.05) is 30.9 Å². The third-order valence-electron chi connectivity index (χ3n) is 4.96. The van der Waals surface area contributed by atoms with Crippen molar-refractivity contribution < 1.29 is 24.2 Å². The molecule has 2 N–H and O–H groups in total. The zero-order valence-corrected chi connectivity index (χ0v) is 17.1. The van der Waals surface area contributed by atoms with Crippen LogP contribution in [0.1, 0.15) is 25.8 Å². The largest absolute Gasteiger partial charge is 0.497 e. The van der Waals surface area contributed by atoms with Crippen LogP contribution in [0.5, 0.6) is 11.5 Å². The van der Waals surface area contributed by atoms with Gasteiger partial charge in [-0.25, -0.2) is 0 Å². The maximum absolute atomic E-state index is 12.8. The minimum Gasteiger partial charge on any atom is -0.497 e. The van der Waals surface area contributed by atoms with Gasteiger partial charge in [0.05, 0.1) is 33.3 Å². The number of rotatable bonds is 9. The molecule has 2 amide bonds. The maximum Gasteiger partial charge on any atom is 0.237 e. The van der Waals surface area contributed by atoms with E-state index in [1.54, 1.807) is 25.2 Å². The molecule has 1 saturated heterocycles. The molecular formula is C20H31N3O5. The van der Waals surface area contributed by atoms with Crippen molar-refractivity contribution in [3.8, 4) is 11.5 Å². The van der Waals surface area contributed by atoms with Crippen molar-refractivity contribution in [3.05, 3.63) is 23.8 Å². The first kappa shape index (κ1) is 22.0. The van der Waals surface area contributed by atoms with Crippen molar-refractivity contribution >= 4 is 11.8 Å². The Labute approximate surface area is 166 Å². The van der Waals surface area contributed by atoms with E-state index < -0.39 is 6.04 Å². The van der Waals surface area contributed by atoms with Crippen molar-refractivity contribution in [2.24, 2.45) is 0 Å². The van der Waals surface area contributed by atoms with Gasteiger partial charge in [0.15, 0.2) is 0 Å². The van der Waals surface area contributed by atoms with Gasteiger partial charge in [-0.3, -0.25) is 14.5 Å². The Kier molecular flexibility index (Phi) is 8.07. The summed E-state index contributed by atoms with van der Waals surface area (Å²) in [6.45, 7) is 5.61. The number of aliphatic hydroxyl groups is 1. The van der Waals surface area contributed by atoms with Gasteiger partial charge in [0.2, 0.25) is 11.8 Å². The molecule has 1 aromatic carbocycles. The van der Waals surface area contributed by atoms with Crippen LogP contribution >= 0.6 is 0 Å². The van der Waals surface area contributed by atoms with Crippen LogP contribution in [-0.2, 0) is 16.1 Å². The number of hydrogen-bond donors (Lipinski definition) is 2. The van der Waals surface area contributed by atoms with Crippen molar-refractivity contribution in [2.75, 3.05) is 40.5 Å². The first-order valence-electron chi connectivity index (χ1n) is 9.54. The minimum absolute atomic E-state index is 0.0403. The number of aliphatic hydroxyl groups excluding tert-OH is 1. The number of nitrogens with one attached hydrogen (secondary N) is 1. The Hall–Kier alpha value is -2.32. The quantitative estimate of drug-likeness (QED) is 0.639. The Bertz CT molecular complexity index is 680. The third kappa shape index (κ3) is 5.36. The van der Waals surface area contributed by atoms with Gasteiger partial charge in [-0.05, 0) is 19.9 Å². The predicted molar refractivity (Wildman–Crippen MR) is 105 cm³/mol. The summed E-state index contributed by atoms with van der Waals surface area (Å²) in [5.74, 6) is 1.08. The smallest absolute Gasteiger partial charge is 0.237 e. The van der Waals surface area contributed by atoms with Crippen molar-refractivity contribution in [2.45, 2.75) is 38.9 Å². The van der Waals surface area contributed by atoms with Gasteiger partial charge in [-0.1, -0.05) is 6.07 Å². The second kappa shape index (κ2) is 10.3. The number of ether oxygens (including phenoxy) is 2. The summed E-state index contributed by atoms with van der Waals surface area (Å²) in [5.41, 5.74) is 0.923. The van der Waals surface area contributed by atoms with E-state index in [1.165, 1.54) is 0 Å². The summed E-state index contributed by atoms with van der Waals surface area (Å²) >= 11 is 0. The highest BCUT2D eigenvalue weighted by atomic mass is 16.5. The van der Waals surface area contributed by atoms with E-state index in [2.05, 4.69) is 5.32 Å². The molecule has 2 rings (SSSR count). The molecule has 1 heterocycles. The molecule has 1 fully saturated rings. The molecule has 0 radical (unpaired) electrons. The average Bonchev–Trinajstić information content (AvgIpc) is 2.68. The zero-order chi connectivity index (χ0) is 20.7. The van der Waals surface area contributed by atoms with Crippen LogP contribution in [0, 0.1) is 0 Å². The van der Waals surface area contributed by atoms with Gasteiger partial charge < -0.3 is 24.8 Å². The summed E-state index contributed by atoms with van der Waals surface area (Å²) in [7, 11) is 3.19. The molecule has 0 unspecified atom stereocenters. The predicted octanol–water partition coefficient (Wildman–Crippen LogP) is 0.624. The first-order chi connectivity index (χ1) is 13.4. The minimum atomic E-state index is -0.562. The molecule has 1 aliphatic rings. The van der Waals surface area contributed by atoms with Crippen LogP contribution in [0.25, 0.3) is 0 Å². The van der Waals surface area contributed by atoms with E-state index in [9.17, 15) is 14.7 Å². The Morgan fingerprint density at radius 1 is 1.36 bits per heavy atom. The van der Waals surface area contributed by atoms with Crippen LogP contribution in [0.15, 0.2) is 18.2 Å². The summed E-state index contributed by atoms with van der Waals surface area (Å²) in [6, 6.07) is 4.97. The Morgan fingerprint density at radius 3 is 2.71 bits per heavy atom. The van der Waals surface area contributed by atoms with E-state index in [0.29, 0.717) is 31.1 Å². The van der Waals surface area contributed by atoms with E-state index in [4.69, 9.17) is 9.47 Å². The number of benzene rings is 1. The van der Waals surface area contributed by atoms with Crippen LogP contribution in [-0.4, -0.2) is 79.3 Å². The molecule has 28 heavy (non-hydrogen) atoms.